The summed E-state index contributed by atoms with van der Waals surface area (Å²) in [6.07, 6.45) is 0.729. The number of nitrogens with zero attached hydrogens (tertiary/aromatic N) is 3. The van der Waals surface area contributed by atoms with Crippen LogP contribution in [0.2, 0.25) is 0 Å². The summed E-state index contributed by atoms with van der Waals surface area (Å²) in [7, 11) is 1.61. The maximum atomic E-state index is 14.0. The molecular formula is C29H27N3O5S. The van der Waals surface area contributed by atoms with Crippen molar-refractivity contribution in [1.82, 2.24) is 9.88 Å². The summed E-state index contributed by atoms with van der Waals surface area (Å²) in [6.45, 7) is 4.41. The van der Waals surface area contributed by atoms with Crippen molar-refractivity contribution in [3.05, 3.63) is 76.6 Å². The molecule has 1 fully saturated rings. The Balaban J connectivity index is 1.38. The number of ether oxygens (including phenoxy) is 2. The van der Waals surface area contributed by atoms with E-state index in [2.05, 4.69) is 4.90 Å². The predicted octanol–water partition coefficient (Wildman–Crippen LogP) is 4.93. The van der Waals surface area contributed by atoms with E-state index in [0.29, 0.717) is 36.2 Å². The van der Waals surface area contributed by atoms with E-state index in [-0.39, 0.29) is 5.56 Å². The quantitative estimate of drug-likeness (QED) is 0.218. The fourth-order valence-corrected chi connectivity index (χ4v) is 5.84. The first kappa shape index (κ1) is 24.5. The molecule has 1 saturated heterocycles. The Morgan fingerprint density at radius 3 is 2.76 bits per heavy atom. The average Bonchev–Trinajstić information content (AvgIpc) is 3.38. The molecule has 8 nitrogen and oxygen atoms in total. The van der Waals surface area contributed by atoms with Crippen LogP contribution >= 0.6 is 11.3 Å². The first-order valence-corrected chi connectivity index (χ1v) is 13.4. The van der Waals surface area contributed by atoms with E-state index < -0.39 is 11.5 Å². The summed E-state index contributed by atoms with van der Waals surface area (Å²) in [6, 6.07) is 18.9. The topological polar surface area (TPSA) is 85.1 Å². The van der Waals surface area contributed by atoms with Gasteiger partial charge in [0.1, 0.15) is 16.9 Å². The minimum absolute atomic E-state index is 0.00272. The van der Waals surface area contributed by atoms with Gasteiger partial charge < -0.3 is 13.9 Å². The largest absolute Gasteiger partial charge is 0.497 e. The van der Waals surface area contributed by atoms with Crippen LogP contribution in [0.4, 0.5) is 5.13 Å². The van der Waals surface area contributed by atoms with Gasteiger partial charge in [0.15, 0.2) is 5.13 Å². The lowest BCUT2D eigenvalue weighted by Gasteiger charge is -2.27. The summed E-state index contributed by atoms with van der Waals surface area (Å²) in [5, 5.41) is 3.20. The van der Waals surface area contributed by atoms with Gasteiger partial charge in [-0.2, -0.15) is 0 Å². The van der Waals surface area contributed by atoms with Crippen molar-refractivity contribution in [2.45, 2.75) is 6.42 Å². The molecule has 5 aromatic rings. The number of rotatable bonds is 7. The molecule has 1 aliphatic heterocycles. The van der Waals surface area contributed by atoms with Gasteiger partial charge in [-0.3, -0.25) is 14.6 Å². The molecule has 194 valence electrons. The van der Waals surface area contributed by atoms with E-state index in [0.717, 1.165) is 52.4 Å². The smallest absolute Gasteiger partial charge is 0.349 e. The summed E-state index contributed by atoms with van der Waals surface area (Å²) in [5.41, 5.74) is 0.541. The van der Waals surface area contributed by atoms with Crippen LogP contribution < -0.4 is 15.3 Å². The Labute approximate surface area is 223 Å². The number of fused-ring (bicyclic) bond motifs is 4. The number of anilines is 1. The normalized spacial score (nSPS) is 14.3. The highest BCUT2D eigenvalue weighted by Gasteiger charge is 2.25. The number of carbonyl (C=O) groups is 1. The third-order valence-corrected chi connectivity index (χ3v) is 7.95. The Hall–Kier alpha value is -3.79. The van der Waals surface area contributed by atoms with Gasteiger partial charge in [0, 0.05) is 37.6 Å². The Morgan fingerprint density at radius 1 is 1.08 bits per heavy atom. The number of hydrogen-bond acceptors (Lipinski definition) is 8. The standard InChI is InChI=1S/C29H27N3O5S/c1-35-20-8-10-26-24(17-20)30-29(38-26)32(12-4-11-31-13-15-36-16-14-31)27(33)23-18-22-21-6-3-2-5-19(21)7-9-25(22)37-28(23)34/h2-3,5-10,17-18H,4,11-16H2,1H3. The molecule has 38 heavy (non-hydrogen) atoms. The van der Waals surface area contributed by atoms with Gasteiger partial charge in [-0.25, -0.2) is 9.78 Å². The maximum Gasteiger partial charge on any atom is 0.349 e. The lowest BCUT2D eigenvalue weighted by Crippen LogP contribution is -2.40. The van der Waals surface area contributed by atoms with Crippen molar-refractivity contribution in [2.24, 2.45) is 0 Å². The van der Waals surface area contributed by atoms with Crippen LogP contribution in [0, 0.1) is 0 Å². The number of hydrogen-bond donors (Lipinski definition) is 0. The van der Waals surface area contributed by atoms with Crippen LogP contribution in [0.3, 0.4) is 0 Å². The third kappa shape index (κ3) is 4.76. The lowest BCUT2D eigenvalue weighted by atomic mass is 10.0. The van der Waals surface area contributed by atoms with Crippen LogP contribution in [0.5, 0.6) is 5.75 Å². The van der Waals surface area contributed by atoms with Crippen LogP contribution in [-0.2, 0) is 4.74 Å². The average molecular weight is 530 g/mol. The van der Waals surface area contributed by atoms with E-state index in [9.17, 15) is 9.59 Å². The van der Waals surface area contributed by atoms with E-state index >= 15 is 0 Å². The second-order valence-electron chi connectivity index (χ2n) is 9.24. The highest BCUT2D eigenvalue weighted by Crippen LogP contribution is 2.32. The zero-order valence-corrected chi connectivity index (χ0v) is 21.8. The third-order valence-electron chi connectivity index (χ3n) is 6.89. The van der Waals surface area contributed by atoms with Gasteiger partial charge in [0.05, 0.1) is 30.5 Å². The van der Waals surface area contributed by atoms with E-state index in [1.165, 1.54) is 11.3 Å². The molecule has 9 heteroatoms. The van der Waals surface area contributed by atoms with Gasteiger partial charge >= 0.3 is 5.63 Å². The predicted molar refractivity (Wildman–Crippen MR) is 150 cm³/mol. The van der Waals surface area contributed by atoms with E-state index in [1.807, 2.05) is 48.5 Å². The first-order chi connectivity index (χ1) is 18.6. The molecule has 2 aromatic heterocycles. The number of aromatic nitrogens is 1. The highest BCUT2D eigenvalue weighted by atomic mass is 32.1. The molecule has 1 amide bonds. The highest BCUT2D eigenvalue weighted by molar-refractivity contribution is 7.22. The Bertz CT molecular complexity index is 1690. The number of amides is 1. The molecule has 0 unspecified atom stereocenters. The van der Waals surface area contributed by atoms with Crippen molar-refractivity contribution in [3.63, 3.8) is 0 Å². The van der Waals surface area contributed by atoms with Crippen molar-refractivity contribution in [3.8, 4) is 5.75 Å². The van der Waals surface area contributed by atoms with Crippen LogP contribution in [0.15, 0.2) is 69.9 Å². The molecule has 0 bridgehead atoms. The van der Waals surface area contributed by atoms with Crippen molar-refractivity contribution < 1.29 is 18.7 Å². The minimum Gasteiger partial charge on any atom is -0.497 e. The number of thiazole rings is 1. The Kier molecular flexibility index (Phi) is 6.80. The van der Waals surface area contributed by atoms with Crippen LogP contribution in [0.1, 0.15) is 16.8 Å². The van der Waals surface area contributed by atoms with Gasteiger partial charge in [0.2, 0.25) is 0 Å². The van der Waals surface area contributed by atoms with Crippen LogP contribution in [0.25, 0.3) is 32.0 Å². The van der Waals surface area contributed by atoms with Crippen molar-refractivity contribution in [2.75, 3.05) is 51.4 Å². The molecule has 0 radical (unpaired) electrons. The van der Waals surface area contributed by atoms with Crippen molar-refractivity contribution in [1.29, 1.82) is 0 Å². The van der Waals surface area contributed by atoms with Crippen LogP contribution in [-0.4, -0.2) is 62.3 Å². The number of methoxy groups -OCH3 is 1. The molecule has 1 aliphatic rings. The molecular weight excluding hydrogens is 502 g/mol. The molecule has 0 N–H and O–H groups in total. The van der Waals surface area contributed by atoms with Gasteiger partial charge in [0.25, 0.3) is 5.91 Å². The number of benzene rings is 3. The summed E-state index contributed by atoms with van der Waals surface area (Å²) < 4.78 is 17.4. The number of carbonyl (C=O) groups excluding carboxylic acids is 1. The van der Waals surface area contributed by atoms with Gasteiger partial charge in [-0.05, 0) is 41.5 Å². The summed E-state index contributed by atoms with van der Waals surface area (Å²) in [5.74, 6) is 0.281. The van der Waals surface area contributed by atoms with Gasteiger partial charge in [-0.15, -0.1) is 0 Å². The zero-order valence-electron chi connectivity index (χ0n) is 21.0. The monoisotopic (exact) mass is 529 g/mol. The molecule has 6 rings (SSSR count). The van der Waals surface area contributed by atoms with Gasteiger partial charge in [-0.1, -0.05) is 41.7 Å². The fraction of sp³-hybridized carbons (Fsp3) is 0.276. The molecule has 0 spiro atoms. The fourth-order valence-electron chi connectivity index (χ4n) is 4.86. The molecule has 0 atom stereocenters. The molecule has 3 aromatic carbocycles. The second kappa shape index (κ2) is 10.5. The van der Waals surface area contributed by atoms with Crippen molar-refractivity contribution >= 4 is 54.3 Å². The molecule has 0 aliphatic carbocycles. The number of morpholine rings is 1. The summed E-state index contributed by atoms with van der Waals surface area (Å²) >= 11 is 1.42. The zero-order chi connectivity index (χ0) is 26.1. The minimum atomic E-state index is -0.654. The van der Waals surface area contributed by atoms with E-state index in [4.69, 9.17) is 18.9 Å². The Morgan fingerprint density at radius 2 is 1.92 bits per heavy atom. The molecule has 0 saturated carbocycles. The van der Waals surface area contributed by atoms with E-state index in [1.54, 1.807) is 24.1 Å². The second-order valence-corrected chi connectivity index (χ2v) is 10.2. The maximum absolute atomic E-state index is 14.0. The summed E-state index contributed by atoms with van der Waals surface area (Å²) in [4.78, 5) is 35.7. The molecule has 3 heterocycles. The SMILES string of the molecule is COc1ccc2sc(N(CCCN3CCOCC3)C(=O)c3cc4c(ccc5ccccc54)oc3=O)nc2c1. The first-order valence-electron chi connectivity index (χ1n) is 12.6. The lowest BCUT2D eigenvalue weighted by molar-refractivity contribution is 0.0376.